The van der Waals surface area contributed by atoms with Crippen LogP contribution in [0.5, 0.6) is 0 Å². The molecule has 1 aliphatic carbocycles. The molecule has 1 unspecified atom stereocenters. The van der Waals surface area contributed by atoms with E-state index in [2.05, 4.69) is 77.1 Å². The van der Waals surface area contributed by atoms with Crippen molar-refractivity contribution in [1.29, 1.82) is 0 Å². The SMILES string of the molecule is Cc1cc(C)cc(C2=Nc3c(C)ccc4cc(C5CCC(C)(C)C5)cc2c34)c1. The van der Waals surface area contributed by atoms with Gasteiger partial charge in [0.25, 0.3) is 0 Å². The van der Waals surface area contributed by atoms with Crippen molar-refractivity contribution in [1.82, 2.24) is 0 Å². The predicted molar refractivity (Wildman–Crippen MR) is 120 cm³/mol. The fraction of sp³-hybridized carbons (Fsp3) is 0.370. The van der Waals surface area contributed by atoms with Crippen molar-refractivity contribution >= 4 is 22.2 Å². The van der Waals surface area contributed by atoms with Crippen molar-refractivity contribution in [2.24, 2.45) is 10.4 Å². The molecule has 0 spiro atoms. The summed E-state index contributed by atoms with van der Waals surface area (Å²) in [7, 11) is 0. The van der Waals surface area contributed by atoms with Gasteiger partial charge in [-0.15, -0.1) is 0 Å². The lowest BCUT2D eigenvalue weighted by atomic mass is 9.86. The lowest BCUT2D eigenvalue weighted by Gasteiger charge is -2.18. The van der Waals surface area contributed by atoms with E-state index in [-0.39, 0.29) is 0 Å². The number of hydrogen-bond donors (Lipinski definition) is 0. The third kappa shape index (κ3) is 2.80. The summed E-state index contributed by atoms with van der Waals surface area (Å²) < 4.78 is 0. The van der Waals surface area contributed by atoms with Crippen LogP contribution >= 0.6 is 0 Å². The summed E-state index contributed by atoms with van der Waals surface area (Å²) in [5.41, 5.74) is 10.7. The molecule has 1 aliphatic heterocycles. The molecule has 1 nitrogen and oxygen atoms in total. The highest BCUT2D eigenvalue weighted by atomic mass is 14.8. The molecule has 1 atom stereocenters. The quantitative estimate of drug-likeness (QED) is 0.347. The molecule has 0 amide bonds. The lowest BCUT2D eigenvalue weighted by molar-refractivity contribution is 0.376. The van der Waals surface area contributed by atoms with Gasteiger partial charge < -0.3 is 0 Å². The molecule has 3 aromatic carbocycles. The summed E-state index contributed by atoms with van der Waals surface area (Å²) in [6.45, 7) is 11.4. The molecule has 0 aromatic heterocycles. The van der Waals surface area contributed by atoms with Gasteiger partial charge in [-0.1, -0.05) is 49.2 Å². The smallest absolute Gasteiger partial charge is 0.0789 e. The highest BCUT2D eigenvalue weighted by Crippen LogP contribution is 2.48. The van der Waals surface area contributed by atoms with Crippen molar-refractivity contribution < 1.29 is 0 Å². The maximum absolute atomic E-state index is 5.16. The largest absolute Gasteiger partial charge is 0.247 e. The Morgan fingerprint density at radius 2 is 1.68 bits per heavy atom. The Morgan fingerprint density at radius 1 is 0.929 bits per heavy atom. The van der Waals surface area contributed by atoms with Gasteiger partial charge in [0.15, 0.2) is 0 Å². The molecule has 0 saturated heterocycles. The van der Waals surface area contributed by atoms with E-state index in [1.54, 1.807) is 0 Å². The van der Waals surface area contributed by atoms with Gasteiger partial charge in [-0.25, -0.2) is 4.99 Å². The van der Waals surface area contributed by atoms with Crippen LogP contribution in [0.2, 0.25) is 0 Å². The normalized spacial score (nSPS) is 20.0. The number of rotatable bonds is 2. The van der Waals surface area contributed by atoms with E-state index in [0.717, 1.165) is 5.71 Å². The fourth-order valence-corrected chi connectivity index (χ4v) is 5.36. The van der Waals surface area contributed by atoms with Gasteiger partial charge in [-0.2, -0.15) is 0 Å². The summed E-state index contributed by atoms with van der Waals surface area (Å²) in [4.78, 5) is 5.16. The van der Waals surface area contributed by atoms with E-state index in [0.29, 0.717) is 11.3 Å². The maximum atomic E-state index is 5.16. The van der Waals surface area contributed by atoms with Gasteiger partial charge >= 0.3 is 0 Å². The van der Waals surface area contributed by atoms with E-state index in [4.69, 9.17) is 4.99 Å². The zero-order valence-corrected chi connectivity index (χ0v) is 17.7. The van der Waals surface area contributed by atoms with Crippen molar-refractivity contribution in [3.8, 4) is 0 Å². The Balaban J connectivity index is 1.71. The summed E-state index contributed by atoms with van der Waals surface area (Å²) in [6, 6.07) is 16.2. The molecule has 2 aliphatic rings. The third-order valence-electron chi connectivity index (χ3n) is 6.73. The first-order valence-corrected chi connectivity index (χ1v) is 10.6. The Kier molecular flexibility index (Phi) is 3.81. The molecule has 1 heterocycles. The zero-order valence-electron chi connectivity index (χ0n) is 17.7. The molecule has 1 saturated carbocycles. The average Bonchev–Trinajstić information content (AvgIpc) is 3.18. The summed E-state index contributed by atoms with van der Waals surface area (Å²) in [5, 5.41) is 2.69. The molecule has 142 valence electrons. The molecule has 0 radical (unpaired) electrons. The Hall–Kier alpha value is -2.41. The second-order valence-electron chi connectivity index (χ2n) is 9.84. The van der Waals surface area contributed by atoms with Crippen LogP contribution in [0.15, 0.2) is 47.5 Å². The van der Waals surface area contributed by atoms with Gasteiger partial charge in [-0.3, -0.25) is 0 Å². The first-order valence-electron chi connectivity index (χ1n) is 10.6. The monoisotopic (exact) mass is 367 g/mol. The van der Waals surface area contributed by atoms with Crippen LogP contribution < -0.4 is 0 Å². The maximum Gasteiger partial charge on any atom is 0.0789 e. The highest BCUT2D eigenvalue weighted by molar-refractivity contribution is 6.26. The van der Waals surface area contributed by atoms with Crippen LogP contribution in [-0.4, -0.2) is 5.71 Å². The predicted octanol–water partition coefficient (Wildman–Crippen LogP) is 7.54. The molecule has 5 rings (SSSR count). The van der Waals surface area contributed by atoms with Crippen LogP contribution in [0.4, 0.5) is 5.69 Å². The molecule has 0 bridgehead atoms. The van der Waals surface area contributed by atoms with E-state index in [9.17, 15) is 0 Å². The van der Waals surface area contributed by atoms with Crippen molar-refractivity contribution in [3.63, 3.8) is 0 Å². The van der Waals surface area contributed by atoms with Gasteiger partial charge in [-0.05, 0) is 86.1 Å². The second-order valence-corrected chi connectivity index (χ2v) is 9.84. The number of nitrogens with zero attached hydrogens (tertiary/aromatic N) is 1. The second kappa shape index (κ2) is 6.04. The topological polar surface area (TPSA) is 12.4 Å². The van der Waals surface area contributed by atoms with Crippen LogP contribution in [-0.2, 0) is 0 Å². The van der Waals surface area contributed by atoms with Crippen LogP contribution in [0.3, 0.4) is 0 Å². The van der Waals surface area contributed by atoms with Crippen molar-refractivity contribution in [2.45, 2.75) is 59.8 Å². The number of benzene rings is 3. The summed E-state index contributed by atoms with van der Waals surface area (Å²) >= 11 is 0. The van der Waals surface area contributed by atoms with Crippen molar-refractivity contribution in [3.05, 3.63) is 75.8 Å². The molecular weight excluding hydrogens is 338 g/mol. The number of hydrogen-bond acceptors (Lipinski definition) is 1. The summed E-state index contributed by atoms with van der Waals surface area (Å²) in [6.07, 6.45) is 3.90. The zero-order chi connectivity index (χ0) is 19.6. The third-order valence-corrected chi connectivity index (χ3v) is 6.73. The number of aryl methyl sites for hydroxylation is 3. The Labute approximate surface area is 168 Å². The van der Waals surface area contributed by atoms with Gasteiger partial charge in [0.1, 0.15) is 0 Å². The molecule has 3 aromatic rings. The standard InChI is InChI=1S/C27H29N/c1-16-10-17(2)12-22(11-16)26-23-14-21(20-8-9-27(4,5)15-20)13-19-7-6-18(3)25(28-26)24(19)23/h6-7,10-14,20H,8-9,15H2,1-5H3. The highest BCUT2D eigenvalue weighted by Gasteiger charge is 2.33. The molecule has 1 fully saturated rings. The minimum Gasteiger partial charge on any atom is -0.247 e. The lowest BCUT2D eigenvalue weighted by Crippen LogP contribution is -2.06. The van der Waals surface area contributed by atoms with Crippen LogP contribution in [0.25, 0.3) is 10.8 Å². The molecule has 28 heavy (non-hydrogen) atoms. The van der Waals surface area contributed by atoms with E-state index in [1.165, 1.54) is 69.1 Å². The van der Waals surface area contributed by atoms with Gasteiger partial charge in [0, 0.05) is 16.5 Å². The van der Waals surface area contributed by atoms with Crippen LogP contribution in [0, 0.1) is 26.2 Å². The minimum atomic E-state index is 0.461. The molecule has 1 heteroatoms. The van der Waals surface area contributed by atoms with E-state index >= 15 is 0 Å². The van der Waals surface area contributed by atoms with Gasteiger partial charge in [0.05, 0.1) is 11.4 Å². The average molecular weight is 368 g/mol. The van der Waals surface area contributed by atoms with E-state index in [1.807, 2.05) is 0 Å². The first-order chi connectivity index (χ1) is 13.3. The first kappa shape index (κ1) is 17.7. The number of aliphatic imine (C=N–C) groups is 1. The molecular formula is C27H29N. The Bertz CT molecular complexity index is 1130. The van der Waals surface area contributed by atoms with E-state index < -0.39 is 0 Å². The summed E-state index contributed by atoms with van der Waals surface area (Å²) in [5.74, 6) is 0.668. The fourth-order valence-electron chi connectivity index (χ4n) is 5.36. The Morgan fingerprint density at radius 3 is 2.36 bits per heavy atom. The van der Waals surface area contributed by atoms with Crippen LogP contribution in [0.1, 0.15) is 72.4 Å². The minimum absolute atomic E-state index is 0.461. The molecule has 0 N–H and O–H groups in total. The van der Waals surface area contributed by atoms with Gasteiger partial charge in [0.2, 0.25) is 0 Å². The van der Waals surface area contributed by atoms with Crippen molar-refractivity contribution in [2.75, 3.05) is 0 Å².